The zero-order valence-corrected chi connectivity index (χ0v) is 16.6. The van der Waals surface area contributed by atoms with Gasteiger partial charge in [0, 0.05) is 38.8 Å². The van der Waals surface area contributed by atoms with Crippen molar-refractivity contribution in [3.8, 4) is 0 Å². The molecule has 27 heavy (non-hydrogen) atoms. The molecule has 2 heterocycles. The first kappa shape index (κ1) is 19.4. The van der Waals surface area contributed by atoms with Gasteiger partial charge in [-0.05, 0) is 32.3 Å². The highest BCUT2D eigenvalue weighted by atomic mass is 15.3. The maximum atomic E-state index is 4.67. The molecule has 7 nitrogen and oxygen atoms in total. The number of hydrogen-bond acceptors (Lipinski definition) is 4. The van der Waals surface area contributed by atoms with Crippen molar-refractivity contribution in [2.24, 2.45) is 12.0 Å². The van der Waals surface area contributed by atoms with Crippen LogP contribution in [-0.4, -0.2) is 51.3 Å². The highest BCUT2D eigenvalue weighted by molar-refractivity contribution is 5.80. The second kappa shape index (κ2) is 9.50. The van der Waals surface area contributed by atoms with Crippen molar-refractivity contribution < 1.29 is 0 Å². The van der Waals surface area contributed by atoms with Gasteiger partial charge in [-0.3, -0.25) is 9.58 Å². The third-order valence-corrected chi connectivity index (χ3v) is 5.23. The van der Waals surface area contributed by atoms with Crippen molar-refractivity contribution in [3.63, 3.8) is 0 Å². The summed E-state index contributed by atoms with van der Waals surface area (Å²) < 4.78 is 1.76. The highest BCUT2D eigenvalue weighted by Crippen LogP contribution is 2.23. The minimum Gasteiger partial charge on any atom is -0.357 e. The van der Waals surface area contributed by atoms with Crippen molar-refractivity contribution in [1.82, 2.24) is 30.3 Å². The molecule has 0 aliphatic carbocycles. The minimum absolute atomic E-state index is 0.446. The quantitative estimate of drug-likeness (QED) is 0.603. The zero-order valence-electron chi connectivity index (χ0n) is 16.6. The molecule has 0 saturated carbocycles. The second-order valence-electron chi connectivity index (χ2n) is 7.04. The van der Waals surface area contributed by atoms with Crippen LogP contribution in [0, 0.1) is 0 Å². The molecule has 1 aliphatic heterocycles. The van der Waals surface area contributed by atoms with Crippen LogP contribution >= 0.6 is 0 Å². The van der Waals surface area contributed by atoms with Gasteiger partial charge in [0.05, 0.1) is 0 Å². The van der Waals surface area contributed by atoms with Gasteiger partial charge in [0.25, 0.3) is 0 Å². The lowest BCUT2D eigenvalue weighted by atomic mass is 10.0. The Kier molecular flexibility index (Phi) is 6.81. The summed E-state index contributed by atoms with van der Waals surface area (Å²) >= 11 is 0. The van der Waals surface area contributed by atoms with Crippen LogP contribution < -0.4 is 10.6 Å². The van der Waals surface area contributed by atoms with E-state index < -0.39 is 0 Å². The third-order valence-electron chi connectivity index (χ3n) is 5.23. The molecular weight excluding hydrogens is 338 g/mol. The molecule has 0 spiro atoms. The molecule has 1 unspecified atom stereocenters. The number of rotatable bonds is 6. The van der Waals surface area contributed by atoms with E-state index in [1.54, 1.807) is 11.0 Å². The average Bonchev–Trinajstić information content (AvgIpc) is 3.12. The third kappa shape index (κ3) is 5.29. The summed E-state index contributed by atoms with van der Waals surface area (Å²) in [6, 6.07) is 11.7. The number of aryl methyl sites for hydroxylation is 1. The lowest BCUT2D eigenvalue weighted by Crippen LogP contribution is -2.49. The fourth-order valence-electron chi connectivity index (χ4n) is 3.50. The molecule has 2 N–H and O–H groups in total. The van der Waals surface area contributed by atoms with E-state index in [9.17, 15) is 0 Å². The number of nitrogens with zero attached hydrogens (tertiary/aromatic N) is 5. The standard InChI is InChI=1S/C20H31N7/c1-4-21-20(22-14-19-23-15-24-26(19)3)25-18-10-12-27(13-11-18)16(2)17-8-6-5-7-9-17/h5-9,15-16,18H,4,10-14H2,1-3H3,(H2,21,22,25). The first-order chi connectivity index (χ1) is 13.2. The van der Waals surface area contributed by atoms with Gasteiger partial charge in [-0.1, -0.05) is 30.3 Å². The van der Waals surface area contributed by atoms with Crippen molar-refractivity contribution >= 4 is 5.96 Å². The summed E-state index contributed by atoms with van der Waals surface area (Å²) in [6.45, 7) is 7.94. The SMILES string of the molecule is CCNC(=NCc1ncnn1C)NC1CCN(C(C)c2ccccc2)CC1. The molecule has 0 amide bonds. The monoisotopic (exact) mass is 369 g/mol. The summed E-state index contributed by atoms with van der Waals surface area (Å²) in [6.07, 6.45) is 3.80. The summed E-state index contributed by atoms with van der Waals surface area (Å²) in [5, 5.41) is 11.0. The fraction of sp³-hybridized carbons (Fsp3) is 0.550. The van der Waals surface area contributed by atoms with Crippen molar-refractivity contribution in [2.75, 3.05) is 19.6 Å². The summed E-state index contributed by atoms with van der Waals surface area (Å²) in [5.74, 6) is 1.72. The van der Waals surface area contributed by atoms with E-state index in [1.165, 1.54) is 5.56 Å². The largest absolute Gasteiger partial charge is 0.357 e. The molecule has 3 rings (SSSR count). The van der Waals surface area contributed by atoms with Crippen LogP contribution in [0.25, 0.3) is 0 Å². The molecule has 2 aromatic rings. The Morgan fingerprint density at radius 2 is 2.00 bits per heavy atom. The first-order valence-corrected chi connectivity index (χ1v) is 9.84. The summed E-state index contributed by atoms with van der Waals surface area (Å²) in [5.41, 5.74) is 1.39. The van der Waals surface area contributed by atoms with Crippen LogP contribution in [0.3, 0.4) is 0 Å². The number of hydrogen-bond donors (Lipinski definition) is 2. The average molecular weight is 370 g/mol. The van der Waals surface area contributed by atoms with Gasteiger partial charge in [-0.15, -0.1) is 0 Å². The summed E-state index contributed by atoms with van der Waals surface area (Å²) in [4.78, 5) is 11.5. The van der Waals surface area contributed by atoms with Crippen LogP contribution in [0.4, 0.5) is 0 Å². The summed E-state index contributed by atoms with van der Waals surface area (Å²) in [7, 11) is 1.89. The van der Waals surface area contributed by atoms with Crippen LogP contribution in [0.1, 0.15) is 44.1 Å². The Labute approximate surface area is 161 Å². The Bertz CT molecular complexity index is 717. The van der Waals surface area contributed by atoms with Gasteiger partial charge in [0.1, 0.15) is 18.7 Å². The lowest BCUT2D eigenvalue weighted by molar-refractivity contribution is 0.158. The van der Waals surface area contributed by atoms with E-state index >= 15 is 0 Å². The van der Waals surface area contributed by atoms with Crippen LogP contribution in [0.2, 0.25) is 0 Å². The van der Waals surface area contributed by atoms with Crippen molar-refractivity contribution in [3.05, 3.63) is 48.0 Å². The van der Waals surface area contributed by atoms with Gasteiger partial charge < -0.3 is 10.6 Å². The van der Waals surface area contributed by atoms with Gasteiger partial charge in [-0.2, -0.15) is 5.10 Å². The van der Waals surface area contributed by atoms with E-state index in [-0.39, 0.29) is 0 Å². The number of aliphatic imine (C=N–C) groups is 1. The van der Waals surface area contributed by atoms with Crippen molar-refractivity contribution in [1.29, 1.82) is 0 Å². The van der Waals surface area contributed by atoms with E-state index in [1.807, 2.05) is 7.05 Å². The normalized spacial score (nSPS) is 17.7. The number of guanidine groups is 1. The number of aromatic nitrogens is 3. The fourth-order valence-corrected chi connectivity index (χ4v) is 3.50. The van der Waals surface area contributed by atoms with Crippen molar-refractivity contribution in [2.45, 2.75) is 45.3 Å². The Balaban J connectivity index is 1.52. The maximum Gasteiger partial charge on any atom is 0.191 e. The lowest BCUT2D eigenvalue weighted by Gasteiger charge is -2.37. The second-order valence-corrected chi connectivity index (χ2v) is 7.04. The van der Waals surface area contributed by atoms with Gasteiger partial charge in [-0.25, -0.2) is 9.98 Å². The Morgan fingerprint density at radius 3 is 2.63 bits per heavy atom. The maximum absolute atomic E-state index is 4.67. The first-order valence-electron chi connectivity index (χ1n) is 9.84. The number of likely N-dealkylation sites (tertiary alicyclic amines) is 1. The smallest absolute Gasteiger partial charge is 0.191 e. The minimum atomic E-state index is 0.446. The number of nitrogens with one attached hydrogen (secondary N) is 2. The molecule has 1 fully saturated rings. The topological polar surface area (TPSA) is 70.4 Å². The van der Waals surface area contributed by atoms with Gasteiger partial charge >= 0.3 is 0 Å². The molecule has 1 aromatic heterocycles. The molecule has 1 aromatic carbocycles. The molecule has 7 heteroatoms. The molecule has 0 radical (unpaired) electrons. The Hall–Kier alpha value is -2.41. The molecule has 0 bridgehead atoms. The predicted molar refractivity (Wildman–Crippen MR) is 108 cm³/mol. The molecule has 1 atom stereocenters. The predicted octanol–water partition coefficient (Wildman–Crippen LogP) is 2.10. The van der Waals surface area contributed by atoms with E-state index in [0.717, 1.165) is 44.3 Å². The zero-order chi connectivity index (χ0) is 19.1. The number of piperidine rings is 1. The van der Waals surface area contributed by atoms with Gasteiger partial charge in [0.15, 0.2) is 5.96 Å². The van der Waals surface area contributed by atoms with Crippen LogP contribution in [0.15, 0.2) is 41.7 Å². The molecule has 146 valence electrons. The van der Waals surface area contributed by atoms with E-state index in [4.69, 9.17) is 0 Å². The van der Waals surface area contributed by atoms with Crippen LogP contribution in [0.5, 0.6) is 0 Å². The molecular formula is C20H31N7. The Morgan fingerprint density at radius 1 is 1.26 bits per heavy atom. The highest BCUT2D eigenvalue weighted by Gasteiger charge is 2.24. The number of benzene rings is 1. The van der Waals surface area contributed by atoms with E-state index in [2.05, 4.69) is 74.8 Å². The molecule has 1 saturated heterocycles. The van der Waals surface area contributed by atoms with Crippen LogP contribution in [-0.2, 0) is 13.6 Å². The van der Waals surface area contributed by atoms with Gasteiger partial charge in [0.2, 0.25) is 0 Å². The molecule has 1 aliphatic rings. The van der Waals surface area contributed by atoms with E-state index in [0.29, 0.717) is 18.6 Å².